The summed E-state index contributed by atoms with van der Waals surface area (Å²) < 4.78 is 5.71. The van der Waals surface area contributed by atoms with Crippen molar-refractivity contribution in [2.24, 2.45) is 0 Å². The van der Waals surface area contributed by atoms with Gasteiger partial charge in [0.15, 0.2) is 5.72 Å². The molecule has 76 valence electrons. The summed E-state index contributed by atoms with van der Waals surface area (Å²) in [5.41, 5.74) is -0.661. The van der Waals surface area contributed by atoms with E-state index < -0.39 is 11.1 Å². The van der Waals surface area contributed by atoms with Gasteiger partial charge in [0.2, 0.25) is 0 Å². The fourth-order valence-corrected chi connectivity index (χ4v) is 2.39. The van der Waals surface area contributed by atoms with Gasteiger partial charge in [0, 0.05) is 6.42 Å². The van der Waals surface area contributed by atoms with Gasteiger partial charge in [0.25, 0.3) is 5.91 Å². The lowest BCUT2D eigenvalue weighted by molar-refractivity contribution is -0.311. The van der Waals surface area contributed by atoms with E-state index in [1.807, 2.05) is 12.2 Å². The van der Waals surface area contributed by atoms with E-state index in [0.717, 1.165) is 12.8 Å². The molecule has 1 spiro atoms. The van der Waals surface area contributed by atoms with E-state index in [4.69, 9.17) is 21.2 Å². The third-order valence-electron chi connectivity index (χ3n) is 2.85. The smallest absolute Gasteiger partial charge is 0.270 e. The molecule has 0 aliphatic carbocycles. The van der Waals surface area contributed by atoms with Gasteiger partial charge in [-0.15, -0.1) is 11.6 Å². The molecule has 3 rings (SSSR count). The van der Waals surface area contributed by atoms with Crippen molar-refractivity contribution < 1.29 is 14.4 Å². The predicted molar refractivity (Wildman–Crippen MR) is 48.4 cm³/mol. The minimum Gasteiger partial charge on any atom is -0.340 e. The largest absolute Gasteiger partial charge is 0.340 e. The quantitative estimate of drug-likeness (QED) is 0.444. The first-order valence-corrected chi connectivity index (χ1v) is 5.15. The van der Waals surface area contributed by atoms with Crippen LogP contribution in [0.25, 0.3) is 0 Å². The zero-order valence-corrected chi connectivity index (χ0v) is 8.24. The Kier molecular flexibility index (Phi) is 1.69. The maximum Gasteiger partial charge on any atom is 0.270 e. The maximum atomic E-state index is 11.8. The number of carbonyl (C=O) groups excluding carboxylic acids is 1. The number of alkyl halides is 1. The number of nitrogens with zero attached hydrogens (tertiary/aromatic N) is 1. The van der Waals surface area contributed by atoms with Gasteiger partial charge in [-0.1, -0.05) is 6.08 Å². The van der Waals surface area contributed by atoms with Crippen LogP contribution in [-0.2, 0) is 14.4 Å². The van der Waals surface area contributed by atoms with Crippen LogP contribution in [0.15, 0.2) is 12.2 Å². The molecular formula is C9H10ClNO3. The Bertz CT molecular complexity index is 319. The van der Waals surface area contributed by atoms with Crippen LogP contribution in [-0.4, -0.2) is 34.8 Å². The molecule has 5 heteroatoms. The number of halogens is 1. The lowest BCUT2D eigenvalue weighted by Crippen LogP contribution is -2.61. The minimum atomic E-state index is -0.661. The Morgan fingerprint density at radius 3 is 3.36 bits per heavy atom. The van der Waals surface area contributed by atoms with Gasteiger partial charge in [0.05, 0.1) is 6.61 Å². The van der Waals surface area contributed by atoms with Gasteiger partial charge in [-0.25, -0.2) is 0 Å². The number of fused-ring (bicyclic) bond motifs is 1. The Balaban J connectivity index is 2.01. The zero-order chi connectivity index (χ0) is 9.76. The number of carbonyl (C=O) groups is 1. The van der Waals surface area contributed by atoms with Crippen LogP contribution in [0.3, 0.4) is 0 Å². The molecule has 0 N–H and O–H groups in total. The summed E-state index contributed by atoms with van der Waals surface area (Å²) in [5.74, 6) is -0.187. The first-order chi connectivity index (χ1) is 6.73. The second-order valence-corrected chi connectivity index (χ2v) is 4.23. The van der Waals surface area contributed by atoms with Gasteiger partial charge < -0.3 is 4.74 Å². The average molecular weight is 216 g/mol. The fourth-order valence-electron chi connectivity index (χ4n) is 2.17. The summed E-state index contributed by atoms with van der Waals surface area (Å²) in [6, 6.07) is 0. The number of ether oxygens (including phenoxy) is 1. The van der Waals surface area contributed by atoms with E-state index in [1.165, 1.54) is 5.06 Å². The van der Waals surface area contributed by atoms with E-state index >= 15 is 0 Å². The Labute approximate surface area is 86.4 Å². The van der Waals surface area contributed by atoms with Gasteiger partial charge >= 0.3 is 0 Å². The fraction of sp³-hybridized carbons (Fsp3) is 0.667. The van der Waals surface area contributed by atoms with Crippen molar-refractivity contribution in [2.75, 3.05) is 6.61 Å². The highest BCUT2D eigenvalue weighted by Crippen LogP contribution is 2.41. The zero-order valence-electron chi connectivity index (χ0n) is 7.48. The van der Waals surface area contributed by atoms with Crippen LogP contribution in [0.2, 0.25) is 0 Å². The van der Waals surface area contributed by atoms with Crippen LogP contribution in [0.4, 0.5) is 0 Å². The highest BCUT2D eigenvalue weighted by Gasteiger charge is 2.55. The van der Waals surface area contributed by atoms with E-state index in [9.17, 15) is 4.79 Å². The van der Waals surface area contributed by atoms with Crippen LogP contribution in [0.1, 0.15) is 12.8 Å². The molecule has 1 amide bonds. The molecule has 3 aliphatic heterocycles. The molecule has 3 aliphatic rings. The number of amides is 1. The first-order valence-electron chi connectivity index (χ1n) is 4.71. The molecule has 2 fully saturated rings. The lowest BCUT2D eigenvalue weighted by Gasteiger charge is -2.46. The van der Waals surface area contributed by atoms with Crippen LogP contribution in [0, 0.1) is 0 Å². The molecule has 2 saturated heterocycles. The summed E-state index contributed by atoms with van der Waals surface area (Å²) >= 11 is 5.93. The SMILES string of the molecule is O=C1[C@H](Cl)[C@@H]2C=C[C@@]3(CCCON13)O2. The Morgan fingerprint density at radius 1 is 1.64 bits per heavy atom. The number of rotatable bonds is 0. The summed E-state index contributed by atoms with van der Waals surface area (Å²) in [6.07, 6.45) is 5.13. The molecule has 0 aromatic carbocycles. The number of hydroxylamine groups is 2. The monoisotopic (exact) mass is 215 g/mol. The van der Waals surface area contributed by atoms with Crippen LogP contribution in [0.5, 0.6) is 0 Å². The average Bonchev–Trinajstić information content (AvgIpc) is 2.57. The summed E-state index contributed by atoms with van der Waals surface area (Å²) in [7, 11) is 0. The second-order valence-electron chi connectivity index (χ2n) is 3.76. The third kappa shape index (κ3) is 0.935. The normalized spacial score (nSPS) is 45.5. The molecule has 3 atom stereocenters. The van der Waals surface area contributed by atoms with Crippen LogP contribution >= 0.6 is 11.6 Å². The van der Waals surface area contributed by atoms with Crippen LogP contribution < -0.4 is 0 Å². The van der Waals surface area contributed by atoms with Gasteiger partial charge in [0.1, 0.15) is 11.5 Å². The first kappa shape index (κ1) is 8.71. The van der Waals surface area contributed by atoms with Crippen molar-refractivity contribution in [2.45, 2.75) is 30.0 Å². The summed E-state index contributed by atoms with van der Waals surface area (Å²) in [4.78, 5) is 17.1. The van der Waals surface area contributed by atoms with Crippen molar-refractivity contribution in [3.05, 3.63) is 12.2 Å². The number of hydrogen-bond donors (Lipinski definition) is 0. The van der Waals surface area contributed by atoms with E-state index in [1.54, 1.807) is 0 Å². The topological polar surface area (TPSA) is 38.8 Å². The van der Waals surface area contributed by atoms with Gasteiger partial charge in [-0.05, 0) is 12.5 Å². The summed E-state index contributed by atoms with van der Waals surface area (Å²) in [5, 5.41) is 0.647. The maximum absolute atomic E-state index is 11.8. The molecule has 4 nitrogen and oxygen atoms in total. The second kappa shape index (κ2) is 2.72. The van der Waals surface area contributed by atoms with Crippen molar-refractivity contribution >= 4 is 17.5 Å². The van der Waals surface area contributed by atoms with Gasteiger partial charge in [-0.2, -0.15) is 5.06 Å². The molecule has 0 unspecified atom stereocenters. The van der Waals surface area contributed by atoms with Crippen molar-refractivity contribution in [3.63, 3.8) is 0 Å². The molecule has 2 bridgehead atoms. The molecule has 0 radical (unpaired) electrons. The molecule has 0 aromatic rings. The Hall–Kier alpha value is -0.580. The highest BCUT2D eigenvalue weighted by molar-refractivity contribution is 6.31. The third-order valence-corrected chi connectivity index (χ3v) is 3.29. The Morgan fingerprint density at radius 2 is 2.50 bits per heavy atom. The molecule has 0 saturated carbocycles. The standard InChI is InChI=1S/C9H10ClNO3/c10-7-6-2-4-9(14-6)3-1-5-13-11(9)8(7)12/h2,4,6-7H,1,3,5H2/t6-,7+,9+/m0/s1. The van der Waals surface area contributed by atoms with E-state index in [0.29, 0.717) is 6.61 Å². The molecule has 14 heavy (non-hydrogen) atoms. The van der Waals surface area contributed by atoms with E-state index in [2.05, 4.69) is 0 Å². The molecule has 0 aromatic heterocycles. The van der Waals surface area contributed by atoms with Crippen molar-refractivity contribution in [3.8, 4) is 0 Å². The molecule has 3 heterocycles. The van der Waals surface area contributed by atoms with Crippen molar-refractivity contribution in [1.82, 2.24) is 5.06 Å². The predicted octanol–water partition coefficient (Wildman–Crippen LogP) is 0.813. The molecular weight excluding hydrogens is 206 g/mol. The van der Waals surface area contributed by atoms with Gasteiger partial charge in [-0.3, -0.25) is 9.63 Å². The summed E-state index contributed by atoms with van der Waals surface area (Å²) in [6.45, 7) is 0.555. The lowest BCUT2D eigenvalue weighted by atomic mass is 10.1. The highest BCUT2D eigenvalue weighted by atomic mass is 35.5. The van der Waals surface area contributed by atoms with E-state index in [-0.39, 0.29) is 12.0 Å². The minimum absolute atomic E-state index is 0.187. The van der Waals surface area contributed by atoms with Crippen molar-refractivity contribution in [1.29, 1.82) is 0 Å². The number of hydrogen-bond acceptors (Lipinski definition) is 3.